The third-order valence-electron chi connectivity index (χ3n) is 3.54. The molecule has 0 aliphatic carbocycles. The molecule has 0 radical (unpaired) electrons. The number of fused-ring (bicyclic) bond motifs is 1. The van der Waals surface area contributed by atoms with Crippen LogP contribution in [-0.2, 0) is 0 Å². The van der Waals surface area contributed by atoms with Gasteiger partial charge in [-0.3, -0.25) is 9.98 Å². The highest BCUT2D eigenvalue weighted by atomic mass is 15.3. The van der Waals surface area contributed by atoms with Crippen molar-refractivity contribution in [2.45, 2.75) is 26.1 Å². The van der Waals surface area contributed by atoms with Crippen molar-refractivity contribution < 1.29 is 0 Å². The highest BCUT2D eigenvalue weighted by molar-refractivity contribution is 5.60. The van der Waals surface area contributed by atoms with Gasteiger partial charge in [-0.25, -0.2) is 0 Å². The van der Waals surface area contributed by atoms with Crippen molar-refractivity contribution in [2.24, 2.45) is 10.7 Å². The zero-order valence-corrected chi connectivity index (χ0v) is 11.7. The summed E-state index contributed by atoms with van der Waals surface area (Å²) in [6, 6.07) is 10.0. The van der Waals surface area contributed by atoms with E-state index in [0.29, 0.717) is 0 Å². The van der Waals surface area contributed by atoms with Crippen molar-refractivity contribution >= 4 is 11.9 Å². The summed E-state index contributed by atoms with van der Waals surface area (Å²) in [5.74, 6) is 0. The molecule has 0 saturated heterocycles. The van der Waals surface area contributed by atoms with Gasteiger partial charge in [0.15, 0.2) is 0 Å². The van der Waals surface area contributed by atoms with Crippen LogP contribution >= 0.6 is 0 Å². The van der Waals surface area contributed by atoms with Crippen LogP contribution < -0.4 is 21.2 Å². The molecule has 4 heteroatoms. The molecule has 102 valence electrons. The second kappa shape index (κ2) is 5.06. The maximum atomic E-state index is 6.11. The maximum Gasteiger partial charge on any atom is 0.140 e. The Morgan fingerprint density at radius 2 is 2.10 bits per heavy atom. The van der Waals surface area contributed by atoms with Crippen LogP contribution in [0.3, 0.4) is 0 Å². The summed E-state index contributed by atoms with van der Waals surface area (Å²) in [5.41, 5.74) is 8.33. The number of hydrogen-bond donors (Lipinski definition) is 1. The van der Waals surface area contributed by atoms with Gasteiger partial charge in [0.2, 0.25) is 0 Å². The summed E-state index contributed by atoms with van der Waals surface area (Å²) in [7, 11) is 0. The Morgan fingerprint density at radius 1 is 1.25 bits per heavy atom. The minimum atomic E-state index is -0.103. The normalized spacial score (nSPS) is 18.8. The molecule has 2 N–H and O–H groups in total. The quantitative estimate of drug-likeness (QED) is 0.880. The van der Waals surface area contributed by atoms with E-state index >= 15 is 0 Å². The van der Waals surface area contributed by atoms with Gasteiger partial charge < -0.3 is 10.6 Å². The average Bonchev–Trinajstić information content (AvgIpc) is 2.47. The second-order valence-corrected chi connectivity index (χ2v) is 5.16. The molecule has 0 amide bonds. The molecule has 20 heavy (non-hydrogen) atoms. The van der Waals surface area contributed by atoms with Crippen molar-refractivity contribution in [2.75, 3.05) is 4.90 Å². The van der Waals surface area contributed by atoms with Crippen LogP contribution in [0.25, 0.3) is 6.20 Å². The summed E-state index contributed by atoms with van der Waals surface area (Å²) >= 11 is 0. The number of benzene rings is 1. The third kappa shape index (κ3) is 2.18. The average molecular weight is 266 g/mol. The number of hydrogen-bond acceptors (Lipinski definition) is 4. The minimum Gasteiger partial charge on any atom is -0.325 e. The molecular weight excluding hydrogens is 248 g/mol. The lowest BCUT2D eigenvalue weighted by Gasteiger charge is -2.32. The molecule has 1 aromatic carbocycles. The first-order chi connectivity index (χ1) is 9.66. The lowest BCUT2D eigenvalue weighted by molar-refractivity contribution is 0.557. The van der Waals surface area contributed by atoms with Crippen LogP contribution in [-0.4, -0.2) is 17.2 Å². The van der Waals surface area contributed by atoms with Gasteiger partial charge >= 0.3 is 0 Å². The van der Waals surface area contributed by atoms with Gasteiger partial charge in [0, 0.05) is 23.7 Å². The Hall–Kier alpha value is -2.20. The van der Waals surface area contributed by atoms with E-state index in [-0.39, 0.29) is 12.2 Å². The van der Waals surface area contributed by atoms with Crippen LogP contribution in [0.2, 0.25) is 0 Å². The summed E-state index contributed by atoms with van der Waals surface area (Å²) in [5, 5.41) is 2.15. The molecule has 1 aromatic heterocycles. The second-order valence-electron chi connectivity index (χ2n) is 5.16. The lowest BCUT2D eigenvalue weighted by Crippen LogP contribution is -2.50. The van der Waals surface area contributed by atoms with Gasteiger partial charge in [-0.05, 0) is 37.6 Å². The first-order valence-corrected chi connectivity index (χ1v) is 6.76. The molecule has 0 spiro atoms. The van der Waals surface area contributed by atoms with E-state index in [2.05, 4.69) is 29.1 Å². The fourth-order valence-corrected chi connectivity index (χ4v) is 2.47. The highest BCUT2D eigenvalue weighted by Crippen LogP contribution is 2.19. The molecule has 2 aromatic rings. The Balaban J connectivity index is 2.21. The molecule has 2 atom stereocenters. The van der Waals surface area contributed by atoms with Gasteiger partial charge in [-0.2, -0.15) is 0 Å². The van der Waals surface area contributed by atoms with E-state index in [9.17, 15) is 0 Å². The molecule has 0 bridgehead atoms. The largest absolute Gasteiger partial charge is 0.325 e. The number of anilines is 1. The molecule has 2 heterocycles. The number of aryl methyl sites for hydroxylation is 1. The minimum absolute atomic E-state index is 0.0693. The third-order valence-corrected chi connectivity index (χ3v) is 3.54. The fraction of sp³-hybridized carbons (Fsp3) is 0.250. The number of nitrogens with zero attached hydrogens (tertiary/aromatic N) is 3. The van der Waals surface area contributed by atoms with E-state index in [0.717, 1.165) is 16.3 Å². The molecule has 0 saturated carbocycles. The summed E-state index contributed by atoms with van der Waals surface area (Å²) in [4.78, 5) is 11.1. The predicted octanol–water partition coefficient (Wildman–Crippen LogP) is 0.941. The summed E-state index contributed by atoms with van der Waals surface area (Å²) in [6.45, 7) is 4.07. The predicted molar refractivity (Wildman–Crippen MR) is 80.6 cm³/mol. The van der Waals surface area contributed by atoms with E-state index in [1.54, 1.807) is 6.20 Å². The standard InChI is InChI=1S/C16H18N4/c1-11-5-3-7-15-14(11)10-20(16(19-15)12(2)17)13-6-4-8-18-9-13/h3-10,12,16H,17H2,1-2H3/t12?,16-/m1/s1. The Bertz CT molecular complexity index is 722. The van der Waals surface area contributed by atoms with Crippen LogP contribution in [0.15, 0.2) is 47.7 Å². The van der Waals surface area contributed by atoms with Gasteiger partial charge in [-0.15, -0.1) is 0 Å². The SMILES string of the molecule is Cc1cccc2c1=CN(c1cccnc1)[C@H](C(C)N)N=2. The van der Waals surface area contributed by atoms with Crippen LogP contribution in [0.4, 0.5) is 5.69 Å². The monoisotopic (exact) mass is 266 g/mol. The zero-order chi connectivity index (χ0) is 14.1. The van der Waals surface area contributed by atoms with E-state index < -0.39 is 0 Å². The van der Waals surface area contributed by atoms with Crippen molar-refractivity contribution in [3.8, 4) is 0 Å². The van der Waals surface area contributed by atoms with Crippen molar-refractivity contribution in [1.82, 2.24) is 4.98 Å². The Labute approximate surface area is 118 Å². The number of nitrogens with two attached hydrogens (primary N) is 1. The van der Waals surface area contributed by atoms with Gasteiger partial charge in [0.25, 0.3) is 0 Å². The maximum absolute atomic E-state index is 6.11. The van der Waals surface area contributed by atoms with E-state index in [1.807, 2.05) is 37.4 Å². The topological polar surface area (TPSA) is 54.5 Å². The van der Waals surface area contributed by atoms with Crippen LogP contribution in [0, 0.1) is 6.92 Å². The van der Waals surface area contributed by atoms with E-state index in [1.165, 1.54) is 5.56 Å². The van der Waals surface area contributed by atoms with Gasteiger partial charge in [0.05, 0.1) is 17.2 Å². The van der Waals surface area contributed by atoms with Gasteiger partial charge in [0.1, 0.15) is 6.17 Å². The lowest BCUT2D eigenvalue weighted by atomic mass is 10.1. The Kier molecular flexibility index (Phi) is 3.24. The molecule has 1 aliphatic heterocycles. The van der Waals surface area contributed by atoms with Crippen molar-refractivity contribution in [3.05, 3.63) is 58.9 Å². The Morgan fingerprint density at radius 3 is 2.80 bits per heavy atom. The molecule has 1 aliphatic rings. The van der Waals surface area contributed by atoms with Gasteiger partial charge in [-0.1, -0.05) is 12.1 Å². The van der Waals surface area contributed by atoms with Crippen molar-refractivity contribution in [3.63, 3.8) is 0 Å². The molecule has 0 fully saturated rings. The smallest absolute Gasteiger partial charge is 0.140 e. The number of pyridine rings is 1. The first-order valence-electron chi connectivity index (χ1n) is 6.76. The molecule has 1 unspecified atom stereocenters. The van der Waals surface area contributed by atoms with Crippen molar-refractivity contribution in [1.29, 1.82) is 0 Å². The first kappa shape index (κ1) is 12.8. The fourth-order valence-electron chi connectivity index (χ4n) is 2.47. The molecule has 3 rings (SSSR count). The molecule has 4 nitrogen and oxygen atoms in total. The van der Waals surface area contributed by atoms with Crippen LogP contribution in [0.1, 0.15) is 12.5 Å². The zero-order valence-electron chi connectivity index (χ0n) is 11.7. The highest BCUT2D eigenvalue weighted by Gasteiger charge is 2.23. The summed E-state index contributed by atoms with van der Waals surface area (Å²) in [6.07, 6.45) is 5.63. The van der Waals surface area contributed by atoms with E-state index in [4.69, 9.17) is 10.7 Å². The van der Waals surface area contributed by atoms with Crippen LogP contribution in [0.5, 0.6) is 0 Å². The summed E-state index contributed by atoms with van der Waals surface area (Å²) < 4.78 is 0. The molecular formula is C16H18N4. The number of rotatable bonds is 2. The number of aromatic nitrogens is 1.